The van der Waals surface area contributed by atoms with E-state index in [0.29, 0.717) is 24.7 Å². The van der Waals surface area contributed by atoms with Gasteiger partial charge in [0.2, 0.25) is 5.91 Å². The Morgan fingerprint density at radius 1 is 1.23 bits per heavy atom. The average Bonchev–Trinajstić information content (AvgIpc) is 3.50. The predicted molar refractivity (Wildman–Crippen MR) is 111 cm³/mol. The summed E-state index contributed by atoms with van der Waals surface area (Å²) in [5.74, 6) is 0.499. The summed E-state index contributed by atoms with van der Waals surface area (Å²) in [6, 6.07) is 6.84. The highest BCUT2D eigenvalue weighted by atomic mass is 19.1. The summed E-state index contributed by atoms with van der Waals surface area (Å²) in [6.45, 7) is 7.14. The number of nitrogens with zero attached hydrogens (tertiary/aromatic N) is 6. The third-order valence-corrected chi connectivity index (χ3v) is 6.85. The van der Waals surface area contributed by atoms with Gasteiger partial charge in [0.15, 0.2) is 5.82 Å². The summed E-state index contributed by atoms with van der Waals surface area (Å²) in [4.78, 5) is 17.3. The van der Waals surface area contributed by atoms with Crippen LogP contribution in [0, 0.1) is 5.82 Å². The van der Waals surface area contributed by atoms with E-state index in [1.54, 1.807) is 18.2 Å². The molecule has 0 spiro atoms. The van der Waals surface area contributed by atoms with Crippen molar-refractivity contribution in [1.82, 2.24) is 30.0 Å². The molecule has 30 heavy (non-hydrogen) atoms. The van der Waals surface area contributed by atoms with Gasteiger partial charge in [-0.25, -0.2) is 9.07 Å². The lowest BCUT2D eigenvalue weighted by atomic mass is 9.94. The van der Waals surface area contributed by atoms with E-state index in [1.807, 2.05) is 9.58 Å². The first-order chi connectivity index (χ1) is 14.6. The van der Waals surface area contributed by atoms with Gasteiger partial charge in [-0.15, -0.1) is 5.10 Å². The zero-order valence-electron chi connectivity index (χ0n) is 17.9. The molecule has 1 unspecified atom stereocenters. The van der Waals surface area contributed by atoms with Gasteiger partial charge in [0.25, 0.3) is 0 Å². The maximum atomic E-state index is 14.1. The molecule has 0 radical (unpaired) electrons. The molecule has 2 aromatic rings. The molecule has 1 aromatic carbocycles. The van der Waals surface area contributed by atoms with Gasteiger partial charge < -0.3 is 4.90 Å². The fourth-order valence-corrected chi connectivity index (χ4v) is 5.23. The Labute approximate surface area is 177 Å². The maximum Gasteiger partial charge on any atom is 0.227 e. The Morgan fingerprint density at radius 3 is 2.67 bits per heavy atom. The van der Waals surface area contributed by atoms with Gasteiger partial charge in [0.1, 0.15) is 11.4 Å². The van der Waals surface area contributed by atoms with Gasteiger partial charge in [0.05, 0.1) is 12.5 Å². The van der Waals surface area contributed by atoms with E-state index in [2.05, 4.69) is 34.3 Å². The molecule has 0 N–H and O–H groups in total. The Balaban J connectivity index is 1.61. The number of hydrogen-bond donors (Lipinski definition) is 0. The van der Waals surface area contributed by atoms with E-state index in [1.165, 1.54) is 18.9 Å². The summed E-state index contributed by atoms with van der Waals surface area (Å²) >= 11 is 0. The van der Waals surface area contributed by atoms with Gasteiger partial charge in [-0.3, -0.25) is 9.69 Å². The number of carbonyl (C=O) groups is 1. The molecule has 4 rings (SSSR count). The first-order valence-corrected chi connectivity index (χ1v) is 11.1. The molecule has 1 aliphatic heterocycles. The second-order valence-corrected chi connectivity index (χ2v) is 8.42. The molecule has 2 heterocycles. The van der Waals surface area contributed by atoms with Gasteiger partial charge in [-0.1, -0.05) is 44.9 Å². The maximum absolute atomic E-state index is 14.1. The molecule has 1 saturated heterocycles. The number of benzene rings is 1. The van der Waals surface area contributed by atoms with Crippen molar-refractivity contribution < 1.29 is 9.18 Å². The fourth-order valence-electron chi connectivity index (χ4n) is 5.23. The summed E-state index contributed by atoms with van der Waals surface area (Å²) < 4.78 is 16.1. The Morgan fingerprint density at radius 2 is 1.97 bits per heavy atom. The molecule has 2 aliphatic rings. The van der Waals surface area contributed by atoms with Crippen molar-refractivity contribution in [3.8, 4) is 0 Å². The summed E-state index contributed by atoms with van der Waals surface area (Å²) in [7, 11) is 0. The van der Waals surface area contributed by atoms with Crippen LogP contribution in [0.2, 0.25) is 0 Å². The first-order valence-electron chi connectivity index (χ1n) is 11.1. The van der Waals surface area contributed by atoms with Crippen molar-refractivity contribution in [2.24, 2.45) is 0 Å². The van der Waals surface area contributed by atoms with Crippen LogP contribution in [0.1, 0.15) is 63.4 Å². The lowest BCUT2D eigenvalue weighted by Crippen LogP contribution is -2.50. The van der Waals surface area contributed by atoms with Gasteiger partial charge in [0, 0.05) is 13.1 Å². The van der Waals surface area contributed by atoms with E-state index in [0.717, 1.165) is 38.2 Å². The van der Waals surface area contributed by atoms with Crippen molar-refractivity contribution in [3.05, 3.63) is 41.5 Å². The molecule has 1 atom stereocenters. The number of rotatable bonds is 7. The molecule has 1 saturated carbocycles. The smallest absolute Gasteiger partial charge is 0.227 e. The van der Waals surface area contributed by atoms with E-state index in [4.69, 9.17) is 0 Å². The minimum absolute atomic E-state index is 0.0472. The van der Waals surface area contributed by atoms with Gasteiger partial charge in [-0.2, -0.15) is 0 Å². The second kappa shape index (κ2) is 8.79. The van der Waals surface area contributed by atoms with Crippen LogP contribution in [-0.2, 0) is 16.8 Å². The molecule has 1 amide bonds. The van der Waals surface area contributed by atoms with Crippen LogP contribution in [0.5, 0.6) is 0 Å². The normalized spacial score (nSPS) is 22.3. The zero-order chi connectivity index (χ0) is 21.1. The highest BCUT2D eigenvalue weighted by Crippen LogP contribution is 2.40. The molecule has 1 aliphatic carbocycles. The number of likely N-dealkylation sites (N-methyl/N-ethyl adjacent to an activating group) is 1. The van der Waals surface area contributed by atoms with Crippen LogP contribution in [0.15, 0.2) is 24.3 Å². The van der Waals surface area contributed by atoms with Crippen LogP contribution >= 0.6 is 0 Å². The second-order valence-electron chi connectivity index (χ2n) is 8.42. The van der Waals surface area contributed by atoms with E-state index in [9.17, 15) is 9.18 Å². The van der Waals surface area contributed by atoms with E-state index >= 15 is 0 Å². The minimum atomic E-state index is -0.402. The number of halogens is 1. The Hall–Kier alpha value is -2.35. The van der Waals surface area contributed by atoms with Crippen molar-refractivity contribution in [2.75, 3.05) is 26.2 Å². The summed E-state index contributed by atoms with van der Waals surface area (Å²) in [6.07, 6.45) is 5.47. The number of tetrazole rings is 1. The zero-order valence-corrected chi connectivity index (χ0v) is 17.9. The van der Waals surface area contributed by atoms with E-state index < -0.39 is 5.54 Å². The highest BCUT2D eigenvalue weighted by molar-refractivity contribution is 5.79. The van der Waals surface area contributed by atoms with Gasteiger partial charge in [-0.05, 0) is 54.4 Å². The largest absolute Gasteiger partial charge is 0.340 e. The van der Waals surface area contributed by atoms with Crippen LogP contribution in [0.25, 0.3) is 0 Å². The molecule has 2 fully saturated rings. The molecular weight excluding hydrogens is 383 g/mol. The summed E-state index contributed by atoms with van der Waals surface area (Å²) in [5.41, 5.74) is 0.0409. The van der Waals surface area contributed by atoms with Crippen LogP contribution in [0.4, 0.5) is 4.39 Å². The standard InChI is InChI=1S/C22H31FN6O/c1-3-28(4-2)22(21-24-25-26-29(21)18-10-6-7-11-18)13-14-27(16-22)20(30)15-17-9-5-8-12-19(17)23/h5,8-9,12,18H,3-4,6-7,10-11,13-16H2,1-2H3. The first kappa shape index (κ1) is 20.9. The van der Waals surface area contributed by atoms with Crippen molar-refractivity contribution >= 4 is 5.91 Å². The van der Waals surface area contributed by atoms with Crippen molar-refractivity contribution in [3.63, 3.8) is 0 Å². The number of likely N-dealkylation sites (tertiary alicyclic amines) is 1. The third kappa shape index (κ3) is 3.73. The highest BCUT2D eigenvalue weighted by Gasteiger charge is 2.49. The predicted octanol–water partition coefficient (Wildman–Crippen LogP) is 2.94. The topological polar surface area (TPSA) is 67.2 Å². The Bertz CT molecular complexity index is 876. The van der Waals surface area contributed by atoms with Crippen LogP contribution in [-0.4, -0.2) is 62.1 Å². The lowest BCUT2D eigenvalue weighted by molar-refractivity contribution is -0.130. The van der Waals surface area contributed by atoms with Gasteiger partial charge >= 0.3 is 0 Å². The van der Waals surface area contributed by atoms with E-state index in [-0.39, 0.29) is 18.1 Å². The third-order valence-electron chi connectivity index (χ3n) is 6.85. The quantitative estimate of drug-likeness (QED) is 0.697. The summed E-state index contributed by atoms with van der Waals surface area (Å²) in [5, 5.41) is 12.9. The molecule has 7 nitrogen and oxygen atoms in total. The molecular formula is C22H31FN6O. The van der Waals surface area contributed by atoms with Crippen molar-refractivity contribution in [1.29, 1.82) is 0 Å². The number of amides is 1. The van der Waals surface area contributed by atoms with Crippen LogP contribution in [0.3, 0.4) is 0 Å². The molecule has 0 bridgehead atoms. The van der Waals surface area contributed by atoms with Crippen LogP contribution < -0.4 is 0 Å². The number of aromatic nitrogens is 4. The molecule has 162 valence electrons. The molecule has 8 heteroatoms. The Kier molecular flexibility index (Phi) is 6.13. The fraction of sp³-hybridized carbons (Fsp3) is 0.636. The minimum Gasteiger partial charge on any atom is -0.340 e. The SMILES string of the molecule is CCN(CC)C1(c2nnnn2C2CCCC2)CCN(C(=O)Cc2ccccc2F)C1. The monoisotopic (exact) mass is 414 g/mol. The lowest BCUT2D eigenvalue weighted by Gasteiger charge is -2.39. The number of carbonyl (C=O) groups excluding carboxylic acids is 1. The average molecular weight is 415 g/mol. The number of hydrogen-bond acceptors (Lipinski definition) is 5. The van der Waals surface area contributed by atoms with Crippen molar-refractivity contribution in [2.45, 2.75) is 64.0 Å². The molecule has 1 aromatic heterocycles.